The number of hydrogen-bond donors (Lipinski definition) is 1. The number of sulfone groups is 1. The van der Waals surface area contributed by atoms with Gasteiger partial charge in [-0.05, 0) is 32.0 Å². The Bertz CT molecular complexity index is 1070. The number of anilines is 1. The second kappa shape index (κ2) is 9.68. The second-order valence-corrected chi connectivity index (χ2v) is 8.94. The zero-order chi connectivity index (χ0) is 22.5. The summed E-state index contributed by atoms with van der Waals surface area (Å²) >= 11 is 5.90. The molecule has 0 aliphatic carbocycles. The van der Waals surface area contributed by atoms with Gasteiger partial charge in [0.05, 0.1) is 32.7 Å². The van der Waals surface area contributed by atoms with Crippen molar-refractivity contribution in [3.63, 3.8) is 0 Å². The minimum absolute atomic E-state index is 0.0553. The molecule has 0 bridgehead atoms. The van der Waals surface area contributed by atoms with Crippen molar-refractivity contribution < 1.29 is 27.7 Å². The predicted molar refractivity (Wildman–Crippen MR) is 110 cm³/mol. The molecule has 0 saturated heterocycles. The standard InChI is InChI=1S/C19H19ClN2O7S/c1-12-3-6-15(7-4-12)30(27,28)10-9-18(23)29-13(2)19(24)21-17-8-5-14(22(25)26)11-16(17)20/h3-8,11,13H,9-10H2,1-2H3,(H,21,24). The Morgan fingerprint density at radius 2 is 1.83 bits per heavy atom. The number of nitro benzene ring substituents is 1. The van der Waals surface area contributed by atoms with E-state index in [0.29, 0.717) is 0 Å². The number of non-ortho nitro benzene ring substituents is 1. The number of nitro groups is 1. The summed E-state index contributed by atoms with van der Waals surface area (Å²) in [6.45, 7) is 3.13. The van der Waals surface area contributed by atoms with Gasteiger partial charge in [0.25, 0.3) is 11.6 Å². The first-order chi connectivity index (χ1) is 14.0. The zero-order valence-corrected chi connectivity index (χ0v) is 17.7. The minimum atomic E-state index is -3.67. The van der Waals surface area contributed by atoms with E-state index in [4.69, 9.17) is 16.3 Å². The molecule has 0 fully saturated rings. The fourth-order valence-electron chi connectivity index (χ4n) is 2.34. The van der Waals surface area contributed by atoms with Crippen LogP contribution in [0.2, 0.25) is 5.02 Å². The number of hydrogen-bond acceptors (Lipinski definition) is 7. The third-order valence-electron chi connectivity index (χ3n) is 4.05. The van der Waals surface area contributed by atoms with Gasteiger partial charge in [-0.15, -0.1) is 0 Å². The lowest BCUT2D eigenvalue weighted by atomic mass is 10.2. The van der Waals surface area contributed by atoms with Crippen LogP contribution in [-0.2, 0) is 24.2 Å². The fourth-order valence-corrected chi connectivity index (χ4v) is 3.79. The summed E-state index contributed by atoms with van der Waals surface area (Å²) in [7, 11) is -3.67. The van der Waals surface area contributed by atoms with Crippen LogP contribution in [0.1, 0.15) is 18.9 Å². The Labute approximate surface area is 178 Å². The van der Waals surface area contributed by atoms with Crippen molar-refractivity contribution in [2.45, 2.75) is 31.3 Å². The van der Waals surface area contributed by atoms with E-state index in [1.165, 1.54) is 25.1 Å². The monoisotopic (exact) mass is 454 g/mol. The van der Waals surface area contributed by atoms with Gasteiger partial charge in [0.2, 0.25) is 0 Å². The van der Waals surface area contributed by atoms with Crippen molar-refractivity contribution in [2.75, 3.05) is 11.1 Å². The van der Waals surface area contributed by atoms with E-state index in [2.05, 4.69) is 5.32 Å². The van der Waals surface area contributed by atoms with Crippen molar-refractivity contribution in [3.8, 4) is 0 Å². The molecule has 160 valence electrons. The van der Waals surface area contributed by atoms with Crippen molar-refractivity contribution in [1.29, 1.82) is 0 Å². The van der Waals surface area contributed by atoms with E-state index in [9.17, 15) is 28.1 Å². The molecule has 0 heterocycles. The van der Waals surface area contributed by atoms with Gasteiger partial charge < -0.3 is 10.1 Å². The third kappa shape index (κ3) is 6.26. The fraction of sp³-hybridized carbons (Fsp3) is 0.263. The molecule has 9 nitrogen and oxygen atoms in total. The summed E-state index contributed by atoms with van der Waals surface area (Å²) in [5, 5.41) is 13.1. The van der Waals surface area contributed by atoms with Crippen molar-refractivity contribution in [1.82, 2.24) is 0 Å². The first-order valence-corrected chi connectivity index (χ1v) is 10.8. The Morgan fingerprint density at radius 1 is 1.20 bits per heavy atom. The van der Waals surface area contributed by atoms with Gasteiger partial charge in [-0.1, -0.05) is 29.3 Å². The van der Waals surface area contributed by atoms with Crippen molar-refractivity contribution in [2.24, 2.45) is 0 Å². The summed E-state index contributed by atoms with van der Waals surface area (Å²) in [6.07, 6.45) is -1.66. The van der Waals surface area contributed by atoms with E-state index in [1.54, 1.807) is 12.1 Å². The Kier molecular flexibility index (Phi) is 7.52. The van der Waals surface area contributed by atoms with E-state index in [-0.39, 0.29) is 21.3 Å². The van der Waals surface area contributed by atoms with Crippen LogP contribution in [0.15, 0.2) is 47.4 Å². The van der Waals surface area contributed by atoms with Crippen LogP contribution >= 0.6 is 11.6 Å². The average Bonchev–Trinajstić information content (AvgIpc) is 2.68. The van der Waals surface area contributed by atoms with Gasteiger partial charge in [-0.2, -0.15) is 0 Å². The second-order valence-electron chi connectivity index (χ2n) is 6.42. The quantitative estimate of drug-likeness (QED) is 0.367. The molecule has 2 aromatic rings. The first-order valence-electron chi connectivity index (χ1n) is 8.73. The topological polar surface area (TPSA) is 133 Å². The lowest BCUT2D eigenvalue weighted by molar-refractivity contribution is -0.384. The number of nitrogens with zero attached hydrogens (tertiary/aromatic N) is 1. The number of carbonyl (C=O) groups excluding carboxylic acids is 2. The van der Waals surface area contributed by atoms with Gasteiger partial charge >= 0.3 is 5.97 Å². The number of amides is 1. The highest BCUT2D eigenvalue weighted by Gasteiger charge is 2.22. The summed E-state index contributed by atoms with van der Waals surface area (Å²) < 4.78 is 29.5. The Morgan fingerprint density at radius 3 is 2.40 bits per heavy atom. The maximum absolute atomic E-state index is 12.3. The van der Waals surface area contributed by atoms with Crippen LogP contribution in [0.3, 0.4) is 0 Å². The summed E-state index contributed by atoms with van der Waals surface area (Å²) in [4.78, 5) is 34.3. The van der Waals surface area contributed by atoms with Crippen LogP contribution in [0, 0.1) is 17.0 Å². The van der Waals surface area contributed by atoms with Crippen LogP contribution in [0.5, 0.6) is 0 Å². The summed E-state index contributed by atoms with van der Waals surface area (Å²) in [5.74, 6) is -2.04. The smallest absolute Gasteiger partial charge is 0.307 e. The molecule has 0 spiro atoms. The highest BCUT2D eigenvalue weighted by atomic mass is 35.5. The zero-order valence-electron chi connectivity index (χ0n) is 16.1. The highest BCUT2D eigenvalue weighted by molar-refractivity contribution is 7.91. The molecule has 0 saturated carbocycles. The highest BCUT2D eigenvalue weighted by Crippen LogP contribution is 2.26. The molecule has 1 amide bonds. The minimum Gasteiger partial charge on any atom is -0.453 e. The van der Waals surface area contributed by atoms with Crippen LogP contribution in [-0.4, -0.2) is 37.1 Å². The predicted octanol–water partition coefficient (Wildman–Crippen LogP) is 3.29. The van der Waals surface area contributed by atoms with E-state index >= 15 is 0 Å². The largest absolute Gasteiger partial charge is 0.453 e. The normalized spacial score (nSPS) is 12.1. The molecule has 2 aromatic carbocycles. The third-order valence-corrected chi connectivity index (χ3v) is 6.10. The number of benzene rings is 2. The number of carbonyl (C=O) groups is 2. The van der Waals surface area contributed by atoms with Gasteiger partial charge in [0.15, 0.2) is 15.9 Å². The molecule has 0 aliphatic rings. The molecule has 1 atom stereocenters. The van der Waals surface area contributed by atoms with Gasteiger partial charge in [-0.3, -0.25) is 19.7 Å². The Balaban J connectivity index is 1.91. The number of rotatable bonds is 8. The average molecular weight is 455 g/mol. The SMILES string of the molecule is Cc1ccc(S(=O)(=O)CCC(=O)OC(C)C(=O)Nc2ccc([N+](=O)[O-])cc2Cl)cc1. The van der Waals surface area contributed by atoms with Crippen LogP contribution in [0.25, 0.3) is 0 Å². The molecule has 1 N–H and O–H groups in total. The number of esters is 1. The van der Waals surface area contributed by atoms with E-state index in [0.717, 1.165) is 17.7 Å². The van der Waals surface area contributed by atoms with Gasteiger partial charge in [0, 0.05) is 12.1 Å². The molecular weight excluding hydrogens is 436 g/mol. The van der Waals surface area contributed by atoms with Crippen molar-refractivity contribution in [3.05, 3.63) is 63.2 Å². The lowest BCUT2D eigenvalue weighted by Crippen LogP contribution is -2.30. The van der Waals surface area contributed by atoms with E-state index in [1.807, 2.05) is 6.92 Å². The van der Waals surface area contributed by atoms with Gasteiger partial charge in [0.1, 0.15) is 0 Å². The Hall–Kier alpha value is -2.98. The molecule has 0 aromatic heterocycles. The lowest BCUT2D eigenvalue weighted by Gasteiger charge is -2.14. The maximum atomic E-state index is 12.3. The van der Waals surface area contributed by atoms with Crippen LogP contribution in [0.4, 0.5) is 11.4 Å². The number of halogens is 1. The van der Waals surface area contributed by atoms with E-state index < -0.39 is 44.9 Å². The summed E-state index contributed by atoms with van der Waals surface area (Å²) in [6, 6.07) is 9.71. The molecule has 0 aliphatic heterocycles. The van der Waals surface area contributed by atoms with Gasteiger partial charge in [-0.25, -0.2) is 8.42 Å². The van der Waals surface area contributed by atoms with Crippen molar-refractivity contribution >= 4 is 44.7 Å². The number of aryl methyl sites for hydroxylation is 1. The molecule has 30 heavy (non-hydrogen) atoms. The molecule has 2 rings (SSSR count). The summed E-state index contributed by atoms with van der Waals surface area (Å²) in [5.41, 5.74) is 0.769. The number of ether oxygens (including phenoxy) is 1. The van der Waals surface area contributed by atoms with Crippen LogP contribution < -0.4 is 5.32 Å². The molecular formula is C19H19ClN2O7S. The molecule has 0 radical (unpaired) electrons. The molecule has 1 unspecified atom stereocenters. The maximum Gasteiger partial charge on any atom is 0.307 e. The first kappa shape index (κ1) is 23.3. The number of nitrogens with one attached hydrogen (secondary N) is 1. The molecule has 11 heteroatoms.